The predicted molar refractivity (Wildman–Crippen MR) is 108 cm³/mol. The molecule has 0 spiro atoms. The average molecular weight is 436 g/mol. The van der Waals surface area contributed by atoms with Crippen molar-refractivity contribution in [2.24, 2.45) is 0 Å². The molecule has 2 aromatic carbocycles. The standard InChI is InChI=1S/C22H23F3N2O4/c1-13-11-15(4-5-18(13)23)26-20(29)17-12-14(3-6-19(17)31-2)22(24,25)21(30)27-9-7-16(28)8-10-27/h3-6,11-12,16,28H,7-10H2,1-2H3,(H,26,29). The zero-order valence-corrected chi connectivity index (χ0v) is 17.1. The average Bonchev–Trinajstić information content (AvgIpc) is 2.75. The van der Waals surface area contributed by atoms with Gasteiger partial charge < -0.3 is 20.1 Å². The Morgan fingerprint density at radius 3 is 2.45 bits per heavy atom. The minimum atomic E-state index is -3.87. The van der Waals surface area contributed by atoms with Crippen molar-refractivity contribution in [1.82, 2.24) is 4.90 Å². The zero-order valence-electron chi connectivity index (χ0n) is 17.1. The molecule has 166 valence electrons. The summed E-state index contributed by atoms with van der Waals surface area (Å²) in [5.74, 6) is -6.39. The van der Waals surface area contributed by atoms with Crippen LogP contribution in [-0.2, 0) is 10.7 Å². The summed E-state index contributed by atoms with van der Waals surface area (Å²) in [6.07, 6.45) is -0.145. The van der Waals surface area contributed by atoms with E-state index in [1.807, 2.05) is 0 Å². The molecule has 0 atom stereocenters. The third kappa shape index (κ3) is 4.82. The summed E-state index contributed by atoms with van der Waals surface area (Å²) in [5, 5.41) is 12.1. The molecule has 9 heteroatoms. The number of anilines is 1. The molecule has 1 aliphatic rings. The van der Waals surface area contributed by atoms with Crippen LogP contribution < -0.4 is 10.1 Å². The molecule has 1 fully saturated rings. The van der Waals surface area contributed by atoms with Crippen molar-refractivity contribution in [1.29, 1.82) is 0 Å². The Balaban J connectivity index is 1.87. The van der Waals surface area contributed by atoms with E-state index in [0.29, 0.717) is 5.56 Å². The molecule has 0 saturated carbocycles. The van der Waals surface area contributed by atoms with Crippen molar-refractivity contribution >= 4 is 17.5 Å². The number of nitrogens with one attached hydrogen (secondary N) is 1. The number of benzene rings is 2. The second kappa shape index (κ2) is 8.97. The Bertz CT molecular complexity index is 989. The number of aryl methyl sites for hydroxylation is 1. The summed E-state index contributed by atoms with van der Waals surface area (Å²) in [4.78, 5) is 26.2. The molecule has 3 rings (SSSR count). The van der Waals surface area contributed by atoms with E-state index < -0.39 is 35.2 Å². The van der Waals surface area contributed by atoms with Gasteiger partial charge >= 0.3 is 5.92 Å². The molecule has 1 aliphatic heterocycles. The van der Waals surface area contributed by atoms with E-state index in [9.17, 15) is 27.9 Å². The number of carbonyl (C=O) groups is 2. The van der Waals surface area contributed by atoms with Crippen molar-refractivity contribution in [3.8, 4) is 5.75 Å². The minimum absolute atomic E-state index is 0.0308. The SMILES string of the molecule is COc1ccc(C(F)(F)C(=O)N2CCC(O)CC2)cc1C(=O)Nc1ccc(F)c(C)c1. The van der Waals surface area contributed by atoms with Gasteiger partial charge in [0.05, 0.1) is 18.8 Å². The lowest BCUT2D eigenvalue weighted by atomic mass is 10.0. The summed E-state index contributed by atoms with van der Waals surface area (Å²) in [7, 11) is 1.29. The smallest absolute Gasteiger partial charge is 0.349 e. The number of hydrogen-bond donors (Lipinski definition) is 2. The first-order valence-electron chi connectivity index (χ1n) is 9.74. The highest BCUT2D eigenvalue weighted by Crippen LogP contribution is 2.34. The highest BCUT2D eigenvalue weighted by atomic mass is 19.3. The first-order chi connectivity index (χ1) is 14.6. The zero-order chi connectivity index (χ0) is 22.8. The van der Waals surface area contributed by atoms with Crippen LogP contribution in [0.1, 0.15) is 34.3 Å². The molecule has 0 radical (unpaired) electrons. The van der Waals surface area contributed by atoms with Gasteiger partial charge in [0.25, 0.3) is 11.8 Å². The number of methoxy groups -OCH3 is 1. The number of ether oxygens (including phenoxy) is 1. The van der Waals surface area contributed by atoms with Crippen LogP contribution in [0.5, 0.6) is 5.75 Å². The summed E-state index contributed by atoms with van der Waals surface area (Å²) in [5.41, 5.74) is -0.248. The van der Waals surface area contributed by atoms with Crippen LogP contribution in [0.25, 0.3) is 0 Å². The number of carbonyl (C=O) groups excluding carboxylic acids is 2. The van der Waals surface area contributed by atoms with Crippen molar-refractivity contribution < 1.29 is 32.6 Å². The molecule has 0 aromatic heterocycles. The van der Waals surface area contributed by atoms with E-state index in [1.165, 1.54) is 38.3 Å². The molecule has 1 heterocycles. The maximum Gasteiger partial charge on any atom is 0.349 e. The summed E-state index contributed by atoms with van der Waals surface area (Å²) in [6.45, 7) is 1.59. The second-order valence-electron chi connectivity index (χ2n) is 7.43. The third-order valence-electron chi connectivity index (χ3n) is 5.24. The van der Waals surface area contributed by atoms with E-state index in [2.05, 4.69) is 5.32 Å². The lowest BCUT2D eigenvalue weighted by Crippen LogP contribution is -2.46. The van der Waals surface area contributed by atoms with Crippen molar-refractivity contribution in [3.05, 3.63) is 58.9 Å². The lowest BCUT2D eigenvalue weighted by molar-refractivity contribution is -0.161. The summed E-state index contributed by atoms with van der Waals surface area (Å²) >= 11 is 0. The fraction of sp³-hybridized carbons (Fsp3) is 0.364. The van der Waals surface area contributed by atoms with Gasteiger partial charge in [-0.3, -0.25) is 9.59 Å². The number of aliphatic hydroxyl groups excluding tert-OH is 1. The quantitative estimate of drug-likeness (QED) is 0.753. The molecule has 2 N–H and O–H groups in total. The van der Waals surface area contributed by atoms with E-state index in [-0.39, 0.29) is 42.9 Å². The van der Waals surface area contributed by atoms with E-state index in [1.54, 1.807) is 0 Å². The molecular weight excluding hydrogens is 413 g/mol. The first kappa shape index (κ1) is 22.6. The maximum absolute atomic E-state index is 15.0. The lowest BCUT2D eigenvalue weighted by Gasteiger charge is -2.32. The number of hydrogen-bond acceptors (Lipinski definition) is 4. The molecule has 2 amide bonds. The molecule has 2 aromatic rings. The van der Waals surface area contributed by atoms with Crippen molar-refractivity contribution in [3.63, 3.8) is 0 Å². The number of rotatable bonds is 5. The molecule has 1 saturated heterocycles. The van der Waals surface area contributed by atoms with Gasteiger partial charge in [-0.1, -0.05) is 0 Å². The topological polar surface area (TPSA) is 78.9 Å². The van der Waals surface area contributed by atoms with Crippen LogP contribution in [0.3, 0.4) is 0 Å². The van der Waals surface area contributed by atoms with Crippen LogP contribution in [0.2, 0.25) is 0 Å². The number of alkyl halides is 2. The maximum atomic E-state index is 15.0. The Hall–Kier alpha value is -3.07. The van der Waals surface area contributed by atoms with Gasteiger partial charge in [-0.2, -0.15) is 8.78 Å². The Morgan fingerprint density at radius 2 is 1.84 bits per heavy atom. The van der Waals surface area contributed by atoms with Crippen LogP contribution in [0, 0.1) is 12.7 Å². The summed E-state index contributed by atoms with van der Waals surface area (Å²) < 4.78 is 48.5. The highest BCUT2D eigenvalue weighted by molar-refractivity contribution is 6.06. The van der Waals surface area contributed by atoms with Crippen LogP contribution in [0.4, 0.5) is 18.9 Å². The van der Waals surface area contributed by atoms with E-state index in [4.69, 9.17) is 4.74 Å². The van der Waals surface area contributed by atoms with E-state index in [0.717, 1.165) is 17.0 Å². The monoisotopic (exact) mass is 436 g/mol. The third-order valence-corrected chi connectivity index (χ3v) is 5.24. The summed E-state index contributed by atoms with van der Waals surface area (Å²) in [6, 6.07) is 7.09. The van der Waals surface area contributed by atoms with Crippen LogP contribution in [0.15, 0.2) is 36.4 Å². The number of halogens is 3. The molecule has 0 aliphatic carbocycles. The fourth-order valence-corrected chi connectivity index (χ4v) is 3.39. The molecule has 6 nitrogen and oxygen atoms in total. The molecular formula is C22H23F3N2O4. The van der Waals surface area contributed by atoms with Gasteiger partial charge in [0.15, 0.2) is 0 Å². The fourth-order valence-electron chi connectivity index (χ4n) is 3.39. The van der Waals surface area contributed by atoms with Crippen molar-refractivity contribution in [2.45, 2.75) is 31.8 Å². The molecule has 31 heavy (non-hydrogen) atoms. The van der Waals surface area contributed by atoms with Gasteiger partial charge in [0, 0.05) is 24.3 Å². The number of amides is 2. The van der Waals surface area contributed by atoms with Gasteiger partial charge in [-0.25, -0.2) is 4.39 Å². The number of nitrogens with zero attached hydrogens (tertiary/aromatic N) is 1. The second-order valence-corrected chi connectivity index (χ2v) is 7.43. The minimum Gasteiger partial charge on any atom is -0.496 e. The largest absolute Gasteiger partial charge is 0.496 e. The molecule has 0 unspecified atom stereocenters. The number of aliphatic hydroxyl groups is 1. The van der Waals surface area contributed by atoms with Crippen LogP contribution in [-0.4, -0.2) is 48.1 Å². The Kier molecular flexibility index (Phi) is 6.54. The van der Waals surface area contributed by atoms with Gasteiger partial charge in [-0.15, -0.1) is 0 Å². The van der Waals surface area contributed by atoms with E-state index >= 15 is 0 Å². The normalized spacial score (nSPS) is 15.0. The number of piperidine rings is 1. The van der Waals surface area contributed by atoms with Gasteiger partial charge in [-0.05, 0) is 61.7 Å². The first-order valence-corrected chi connectivity index (χ1v) is 9.74. The van der Waals surface area contributed by atoms with Gasteiger partial charge in [0.2, 0.25) is 0 Å². The Morgan fingerprint density at radius 1 is 1.16 bits per heavy atom. The predicted octanol–water partition coefficient (Wildman–Crippen LogP) is 3.47. The van der Waals surface area contributed by atoms with Gasteiger partial charge in [0.1, 0.15) is 11.6 Å². The Labute approximate surface area is 177 Å². The molecule has 0 bridgehead atoms. The van der Waals surface area contributed by atoms with Crippen molar-refractivity contribution in [2.75, 3.05) is 25.5 Å². The van der Waals surface area contributed by atoms with Crippen LogP contribution >= 0.6 is 0 Å². The number of likely N-dealkylation sites (tertiary alicyclic amines) is 1. The highest BCUT2D eigenvalue weighted by Gasteiger charge is 2.45.